The van der Waals surface area contributed by atoms with Gasteiger partial charge < -0.3 is 10.4 Å². The van der Waals surface area contributed by atoms with Gasteiger partial charge in [-0.2, -0.15) is 0 Å². The van der Waals surface area contributed by atoms with Crippen LogP contribution in [0.25, 0.3) is 16.5 Å². The van der Waals surface area contributed by atoms with Gasteiger partial charge >= 0.3 is 0 Å². The molecule has 0 fully saturated rings. The van der Waals surface area contributed by atoms with Gasteiger partial charge in [-0.05, 0) is 17.5 Å². The highest BCUT2D eigenvalue weighted by atomic mass is 16.3. The zero-order chi connectivity index (χ0) is 11.5. The van der Waals surface area contributed by atoms with Crippen LogP contribution in [-0.2, 0) is 4.79 Å². The smallest absolute Gasteiger partial charge is 0.211 e. The number of phenols is 1. The fourth-order valence-electron chi connectivity index (χ4n) is 1.47. The third kappa shape index (κ3) is 1.72. The molecule has 1 aromatic heterocycles. The summed E-state index contributed by atoms with van der Waals surface area (Å²) in [5.41, 5.74) is 1.01. The number of aromatic nitrogens is 1. The molecule has 1 amide bonds. The van der Waals surface area contributed by atoms with Gasteiger partial charge in [0.05, 0.1) is 11.4 Å². The Morgan fingerprint density at radius 3 is 3.06 bits per heavy atom. The minimum Gasteiger partial charge on any atom is -0.507 e. The summed E-state index contributed by atoms with van der Waals surface area (Å²) in [5, 5.41) is 13.5. The Morgan fingerprint density at radius 1 is 1.50 bits per heavy atom. The normalized spacial score (nSPS) is 10.0. The first kappa shape index (κ1) is 10.2. The monoisotopic (exact) mass is 214 g/mol. The largest absolute Gasteiger partial charge is 0.507 e. The number of carbonyl (C=O) groups excluding carboxylic acids is 1. The minimum atomic E-state index is 0.186. The van der Waals surface area contributed by atoms with Crippen molar-refractivity contribution in [1.29, 1.82) is 0 Å². The number of nitrogens with zero attached hydrogens (tertiary/aromatic N) is 1. The number of pyridine rings is 1. The predicted octanol–water partition coefficient (Wildman–Crippen LogP) is 1.66. The van der Waals surface area contributed by atoms with Crippen molar-refractivity contribution in [1.82, 2.24) is 10.3 Å². The minimum absolute atomic E-state index is 0.186. The molecule has 0 spiro atoms. The lowest BCUT2D eigenvalue weighted by atomic mass is 10.1. The Morgan fingerprint density at radius 2 is 2.31 bits per heavy atom. The van der Waals surface area contributed by atoms with Crippen LogP contribution in [0.5, 0.6) is 5.75 Å². The molecule has 0 bridgehead atoms. The van der Waals surface area contributed by atoms with Crippen molar-refractivity contribution in [3.8, 4) is 5.75 Å². The highest BCUT2D eigenvalue weighted by molar-refractivity contribution is 5.89. The van der Waals surface area contributed by atoms with Crippen LogP contribution in [0.1, 0.15) is 5.69 Å². The van der Waals surface area contributed by atoms with E-state index in [4.69, 9.17) is 0 Å². The molecule has 4 nitrogen and oxygen atoms in total. The summed E-state index contributed by atoms with van der Waals surface area (Å²) in [4.78, 5) is 14.4. The molecule has 80 valence electrons. The fraction of sp³-hybridized carbons (Fsp3) is 0. The van der Waals surface area contributed by atoms with Gasteiger partial charge in [0.15, 0.2) is 0 Å². The Bertz CT molecular complexity index is 564. The molecule has 0 aliphatic rings. The van der Waals surface area contributed by atoms with Gasteiger partial charge in [0, 0.05) is 11.6 Å². The van der Waals surface area contributed by atoms with Crippen molar-refractivity contribution < 1.29 is 9.90 Å². The highest BCUT2D eigenvalue weighted by Crippen LogP contribution is 2.24. The summed E-state index contributed by atoms with van der Waals surface area (Å²) in [6, 6.07) is 6.96. The number of carbonyl (C=O) groups is 1. The summed E-state index contributed by atoms with van der Waals surface area (Å²) in [5.74, 6) is 0.186. The maximum atomic E-state index is 10.3. The number of hydrogen-bond donors (Lipinski definition) is 2. The van der Waals surface area contributed by atoms with Gasteiger partial charge in [0.25, 0.3) is 0 Å². The van der Waals surface area contributed by atoms with E-state index >= 15 is 0 Å². The molecule has 2 rings (SSSR count). The number of hydrogen-bond acceptors (Lipinski definition) is 3. The summed E-state index contributed by atoms with van der Waals surface area (Å²) < 4.78 is 0. The van der Waals surface area contributed by atoms with Crippen molar-refractivity contribution in [2.45, 2.75) is 0 Å². The van der Waals surface area contributed by atoms with Gasteiger partial charge in [-0.15, -0.1) is 0 Å². The molecule has 0 aliphatic carbocycles. The second kappa shape index (κ2) is 4.02. The molecule has 1 aromatic carbocycles. The van der Waals surface area contributed by atoms with Gasteiger partial charge in [0.1, 0.15) is 5.75 Å². The number of rotatable bonds is 3. The second-order valence-electron chi connectivity index (χ2n) is 3.31. The molecule has 0 saturated heterocycles. The number of amides is 1. The van der Waals surface area contributed by atoms with Crippen molar-refractivity contribution in [3.63, 3.8) is 0 Å². The molecular formula is C12H10N2O2. The maximum absolute atomic E-state index is 10.3. The molecule has 0 atom stereocenters. The van der Waals surface area contributed by atoms with E-state index in [1.165, 1.54) is 0 Å². The molecule has 0 saturated carbocycles. The lowest BCUT2D eigenvalue weighted by Crippen LogP contribution is -2.08. The first-order valence-corrected chi connectivity index (χ1v) is 4.69. The zero-order valence-electron chi connectivity index (χ0n) is 8.47. The summed E-state index contributed by atoms with van der Waals surface area (Å²) in [7, 11) is 0. The SMILES string of the molecule is C=C(NC=O)c1cc2cccc(O)c2cn1. The number of aromatic hydroxyl groups is 1. The van der Waals surface area contributed by atoms with Crippen LogP contribution in [0, 0.1) is 0 Å². The van der Waals surface area contributed by atoms with Crippen molar-refractivity contribution >= 4 is 22.9 Å². The zero-order valence-corrected chi connectivity index (χ0v) is 8.47. The first-order valence-electron chi connectivity index (χ1n) is 4.69. The Hall–Kier alpha value is -2.36. The molecule has 2 N–H and O–H groups in total. The van der Waals surface area contributed by atoms with Crippen LogP contribution >= 0.6 is 0 Å². The number of fused-ring (bicyclic) bond motifs is 1. The molecule has 16 heavy (non-hydrogen) atoms. The van der Waals surface area contributed by atoms with Crippen LogP contribution in [0.15, 0.2) is 37.0 Å². The van der Waals surface area contributed by atoms with E-state index in [0.717, 1.165) is 5.39 Å². The second-order valence-corrected chi connectivity index (χ2v) is 3.31. The first-order chi connectivity index (χ1) is 7.72. The maximum Gasteiger partial charge on any atom is 0.211 e. The molecule has 0 radical (unpaired) electrons. The van der Waals surface area contributed by atoms with Gasteiger partial charge in [0.2, 0.25) is 6.41 Å². The van der Waals surface area contributed by atoms with Crippen LogP contribution in [-0.4, -0.2) is 16.5 Å². The third-order valence-electron chi connectivity index (χ3n) is 2.28. The Kier molecular flexibility index (Phi) is 2.55. The molecule has 2 aromatic rings. The number of benzene rings is 1. The lowest BCUT2D eigenvalue weighted by Gasteiger charge is -2.05. The standard InChI is InChI=1S/C12H10N2O2/c1-8(14-7-15)11-5-9-3-2-4-12(16)10(9)6-13-11/h2-7,16H,1H2,(H,14,15). The van der Waals surface area contributed by atoms with E-state index in [9.17, 15) is 9.90 Å². The van der Waals surface area contributed by atoms with E-state index in [1.807, 2.05) is 6.07 Å². The Balaban J connectivity index is 2.52. The average molecular weight is 214 g/mol. The molecular weight excluding hydrogens is 204 g/mol. The van der Waals surface area contributed by atoms with Crippen molar-refractivity contribution in [2.75, 3.05) is 0 Å². The summed E-state index contributed by atoms with van der Waals surface area (Å²) in [6.45, 7) is 3.68. The van der Waals surface area contributed by atoms with E-state index in [1.54, 1.807) is 24.4 Å². The quantitative estimate of drug-likeness (QED) is 0.764. The van der Waals surface area contributed by atoms with Crippen LogP contribution in [0.2, 0.25) is 0 Å². The van der Waals surface area contributed by atoms with Crippen LogP contribution in [0.3, 0.4) is 0 Å². The number of nitrogens with one attached hydrogen (secondary N) is 1. The van der Waals surface area contributed by atoms with Gasteiger partial charge in [-0.1, -0.05) is 18.7 Å². The molecule has 0 aliphatic heterocycles. The highest BCUT2D eigenvalue weighted by Gasteiger charge is 2.03. The Labute approximate surface area is 92.2 Å². The van der Waals surface area contributed by atoms with Gasteiger partial charge in [-0.3, -0.25) is 9.78 Å². The summed E-state index contributed by atoms with van der Waals surface area (Å²) in [6.07, 6.45) is 2.11. The van der Waals surface area contributed by atoms with Gasteiger partial charge in [-0.25, -0.2) is 0 Å². The van der Waals surface area contributed by atoms with E-state index in [0.29, 0.717) is 23.2 Å². The predicted molar refractivity (Wildman–Crippen MR) is 61.6 cm³/mol. The van der Waals surface area contributed by atoms with E-state index in [-0.39, 0.29) is 5.75 Å². The van der Waals surface area contributed by atoms with E-state index < -0.39 is 0 Å². The lowest BCUT2D eigenvalue weighted by molar-refractivity contribution is -0.108. The van der Waals surface area contributed by atoms with Crippen molar-refractivity contribution in [3.05, 3.63) is 42.7 Å². The topological polar surface area (TPSA) is 62.2 Å². The van der Waals surface area contributed by atoms with Crippen LogP contribution in [0.4, 0.5) is 0 Å². The third-order valence-corrected chi connectivity index (χ3v) is 2.28. The molecule has 1 heterocycles. The molecule has 0 unspecified atom stereocenters. The molecule has 4 heteroatoms. The fourth-order valence-corrected chi connectivity index (χ4v) is 1.47. The van der Waals surface area contributed by atoms with Crippen molar-refractivity contribution in [2.24, 2.45) is 0 Å². The average Bonchev–Trinajstić information content (AvgIpc) is 2.29. The van der Waals surface area contributed by atoms with E-state index in [2.05, 4.69) is 16.9 Å². The van der Waals surface area contributed by atoms with Crippen LogP contribution < -0.4 is 5.32 Å². The summed E-state index contributed by atoms with van der Waals surface area (Å²) >= 11 is 0. The number of phenolic OH excluding ortho intramolecular Hbond substituents is 1.